The van der Waals surface area contributed by atoms with Crippen molar-refractivity contribution in [2.75, 3.05) is 7.11 Å². The number of carboxylic acid groups (broad SMARTS) is 2. The van der Waals surface area contributed by atoms with Crippen molar-refractivity contribution < 1.29 is 24.5 Å². The van der Waals surface area contributed by atoms with Crippen molar-refractivity contribution in [3.05, 3.63) is 41.0 Å². The van der Waals surface area contributed by atoms with Gasteiger partial charge in [0, 0.05) is 65.5 Å². The molecular weight excluding hydrogens is 306 g/mol. The van der Waals surface area contributed by atoms with Crippen LogP contribution in [0.15, 0.2) is 35.4 Å². The minimum atomic E-state index is -1.20. The molecule has 0 amide bonds. The van der Waals surface area contributed by atoms with Crippen molar-refractivity contribution in [3.63, 3.8) is 0 Å². The summed E-state index contributed by atoms with van der Waals surface area (Å²) in [4.78, 5) is 22.6. The molecule has 0 bridgehead atoms. The van der Waals surface area contributed by atoms with Gasteiger partial charge in [0.15, 0.2) is 0 Å². The minimum absolute atomic E-state index is 0. The molecule has 0 spiro atoms. The molecule has 2 radical (unpaired) electrons. The van der Waals surface area contributed by atoms with E-state index in [1.165, 1.54) is 0 Å². The van der Waals surface area contributed by atoms with E-state index >= 15 is 0 Å². The Morgan fingerprint density at radius 1 is 1.05 bits per heavy atom. The summed E-state index contributed by atoms with van der Waals surface area (Å²) in [5.74, 6) is -2.09. The molecule has 1 rings (SSSR count). The van der Waals surface area contributed by atoms with Gasteiger partial charge in [0.2, 0.25) is 0 Å². The number of benzene rings is 1. The zero-order chi connectivity index (χ0) is 15.3. The maximum absolute atomic E-state index is 11.3. The SMILES string of the molecule is COc1ccc(C/C(C(=O)O)=C(/C(=O)O)C(C)C)cc1.[Na].[Na]. The van der Waals surface area contributed by atoms with E-state index < -0.39 is 11.9 Å². The molecule has 110 valence electrons. The molecule has 0 saturated carbocycles. The molecule has 2 N–H and O–H groups in total. The Hall–Kier alpha value is -0.300. The number of aliphatic carboxylic acids is 2. The molecule has 0 aromatic heterocycles. The van der Waals surface area contributed by atoms with Gasteiger partial charge in [-0.15, -0.1) is 0 Å². The van der Waals surface area contributed by atoms with Crippen LogP contribution in [0.1, 0.15) is 19.4 Å². The number of ether oxygens (including phenoxy) is 1. The molecule has 1 aromatic rings. The van der Waals surface area contributed by atoms with Crippen molar-refractivity contribution in [1.82, 2.24) is 0 Å². The van der Waals surface area contributed by atoms with Gasteiger partial charge in [-0.3, -0.25) is 0 Å². The predicted octanol–water partition coefficient (Wildman–Crippen LogP) is 1.60. The Balaban J connectivity index is 0. The molecule has 22 heavy (non-hydrogen) atoms. The summed E-state index contributed by atoms with van der Waals surface area (Å²) in [6.07, 6.45) is 0.0686. The van der Waals surface area contributed by atoms with Gasteiger partial charge in [0.1, 0.15) is 5.75 Å². The zero-order valence-electron chi connectivity index (χ0n) is 13.7. The second kappa shape index (κ2) is 11.3. The van der Waals surface area contributed by atoms with Crippen LogP contribution in [0.25, 0.3) is 0 Å². The van der Waals surface area contributed by atoms with E-state index in [0.717, 1.165) is 5.56 Å². The minimum Gasteiger partial charge on any atom is -0.497 e. The second-order valence-corrected chi connectivity index (χ2v) is 4.68. The van der Waals surface area contributed by atoms with E-state index in [9.17, 15) is 19.8 Å². The third kappa shape index (κ3) is 6.86. The maximum Gasteiger partial charge on any atom is 0.332 e. The number of methoxy groups -OCH3 is 1. The second-order valence-electron chi connectivity index (χ2n) is 4.68. The van der Waals surface area contributed by atoms with E-state index in [2.05, 4.69) is 0 Å². The standard InChI is InChI=1S/C15H18O5.2Na/c1-9(2)13(15(18)19)12(14(16)17)8-10-4-6-11(20-3)7-5-10;;/h4-7,9H,8H2,1-3H3,(H,16,17)(H,18,19);;/b13-12-;;. The first-order chi connectivity index (χ1) is 9.36. The Morgan fingerprint density at radius 3 is 1.86 bits per heavy atom. The maximum atomic E-state index is 11.3. The Kier molecular flexibility index (Phi) is 12.3. The molecular formula is C15H18Na2O5. The molecule has 0 unspecified atom stereocenters. The van der Waals surface area contributed by atoms with Gasteiger partial charge in [-0.25, -0.2) is 9.59 Å². The molecule has 0 aliphatic heterocycles. The third-order valence-corrected chi connectivity index (χ3v) is 2.93. The van der Waals surface area contributed by atoms with Crippen LogP contribution in [-0.2, 0) is 16.0 Å². The molecule has 5 nitrogen and oxygen atoms in total. The van der Waals surface area contributed by atoms with Gasteiger partial charge in [-0.05, 0) is 23.6 Å². The van der Waals surface area contributed by atoms with E-state index in [1.807, 2.05) is 0 Å². The topological polar surface area (TPSA) is 83.8 Å². The fourth-order valence-electron chi connectivity index (χ4n) is 1.96. The first-order valence-electron chi connectivity index (χ1n) is 6.19. The first-order valence-corrected chi connectivity index (χ1v) is 6.19. The summed E-state index contributed by atoms with van der Waals surface area (Å²) >= 11 is 0. The average Bonchev–Trinajstić information content (AvgIpc) is 2.37. The number of carboxylic acids is 2. The van der Waals surface area contributed by atoms with Crippen LogP contribution in [0.5, 0.6) is 5.75 Å². The molecule has 0 fully saturated rings. The largest absolute Gasteiger partial charge is 0.497 e. The summed E-state index contributed by atoms with van der Waals surface area (Å²) < 4.78 is 5.02. The molecule has 0 saturated heterocycles. The van der Waals surface area contributed by atoms with Crippen LogP contribution in [0, 0.1) is 5.92 Å². The van der Waals surface area contributed by atoms with Gasteiger partial charge >= 0.3 is 11.9 Å². The van der Waals surface area contributed by atoms with Gasteiger partial charge in [0.05, 0.1) is 18.3 Å². The molecule has 0 aliphatic carbocycles. The summed E-state index contributed by atoms with van der Waals surface area (Å²) in [6, 6.07) is 6.87. The molecule has 7 heteroatoms. The summed E-state index contributed by atoms with van der Waals surface area (Å²) in [5, 5.41) is 18.4. The van der Waals surface area contributed by atoms with Gasteiger partial charge < -0.3 is 14.9 Å². The van der Waals surface area contributed by atoms with Crippen LogP contribution in [0.3, 0.4) is 0 Å². The number of hydrogen-bond acceptors (Lipinski definition) is 3. The molecule has 0 atom stereocenters. The van der Waals surface area contributed by atoms with Crippen LogP contribution in [0.2, 0.25) is 0 Å². The van der Waals surface area contributed by atoms with Crippen molar-refractivity contribution in [2.45, 2.75) is 20.3 Å². The first kappa shape index (κ1) is 24.0. The van der Waals surface area contributed by atoms with Gasteiger partial charge in [0.25, 0.3) is 0 Å². The van der Waals surface area contributed by atoms with Crippen molar-refractivity contribution in [1.29, 1.82) is 0 Å². The molecule has 1 aromatic carbocycles. The Morgan fingerprint density at radius 2 is 1.55 bits per heavy atom. The summed E-state index contributed by atoms with van der Waals surface area (Å²) in [5.41, 5.74) is 0.577. The summed E-state index contributed by atoms with van der Waals surface area (Å²) in [7, 11) is 1.54. The van der Waals surface area contributed by atoms with Crippen LogP contribution in [-0.4, -0.2) is 88.4 Å². The van der Waals surface area contributed by atoms with Gasteiger partial charge in [-0.1, -0.05) is 26.0 Å². The van der Waals surface area contributed by atoms with Crippen LogP contribution < -0.4 is 4.74 Å². The van der Waals surface area contributed by atoms with Crippen LogP contribution in [0.4, 0.5) is 0 Å². The summed E-state index contributed by atoms with van der Waals surface area (Å²) in [6.45, 7) is 3.33. The van der Waals surface area contributed by atoms with Crippen LogP contribution >= 0.6 is 0 Å². The van der Waals surface area contributed by atoms with E-state index in [4.69, 9.17) is 4.74 Å². The fourth-order valence-corrected chi connectivity index (χ4v) is 1.96. The normalized spacial score (nSPS) is 10.9. The fraction of sp³-hybridized carbons (Fsp3) is 0.333. The Bertz CT molecular complexity index is 535. The number of hydrogen-bond donors (Lipinski definition) is 2. The average molecular weight is 324 g/mol. The monoisotopic (exact) mass is 324 g/mol. The zero-order valence-corrected chi connectivity index (χ0v) is 17.7. The Labute approximate surface area is 174 Å². The number of rotatable bonds is 6. The predicted molar refractivity (Wildman–Crippen MR) is 85.3 cm³/mol. The van der Waals surface area contributed by atoms with E-state index in [1.54, 1.807) is 45.2 Å². The van der Waals surface area contributed by atoms with Gasteiger partial charge in [-0.2, -0.15) is 0 Å². The molecule has 0 aliphatic rings. The smallest absolute Gasteiger partial charge is 0.332 e. The number of carbonyl (C=O) groups is 2. The molecule has 0 heterocycles. The van der Waals surface area contributed by atoms with Crippen molar-refractivity contribution in [2.24, 2.45) is 5.92 Å². The van der Waals surface area contributed by atoms with Crippen molar-refractivity contribution >= 4 is 71.1 Å². The quantitative estimate of drug-likeness (QED) is 0.613. The third-order valence-electron chi connectivity index (χ3n) is 2.93. The van der Waals surface area contributed by atoms with E-state index in [-0.39, 0.29) is 82.6 Å². The van der Waals surface area contributed by atoms with E-state index in [0.29, 0.717) is 5.75 Å². The van der Waals surface area contributed by atoms with Crippen molar-refractivity contribution in [3.8, 4) is 5.75 Å².